The van der Waals surface area contributed by atoms with Gasteiger partial charge in [-0.2, -0.15) is 0 Å². The number of benzene rings is 2. The third-order valence-corrected chi connectivity index (χ3v) is 6.19. The molecule has 0 spiro atoms. The number of hydrogen-bond acceptors (Lipinski definition) is 5. The lowest BCUT2D eigenvalue weighted by atomic mass is 10.1. The van der Waals surface area contributed by atoms with E-state index in [4.69, 9.17) is 4.98 Å². The summed E-state index contributed by atoms with van der Waals surface area (Å²) in [5.41, 5.74) is 2.57. The molecule has 0 saturated carbocycles. The zero-order valence-electron chi connectivity index (χ0n) is 17.8. The lowest BCUT2D eigenvalue weighted by molar-refractivity contribution is -0.120. The number of nitrogens with one attached hydrogen (secondary N) is 1. The Hall–Kier alpha value is -3.45. The second-order valence-corrected chi connectivity index (χ2v) is 8.76. The van der Waals surface area contributed by atoms with E-state index in [2.05, 4.69) is 10.3 Å². The van der Waals surface area contributed by atoms with Crippen LogP contribution >= 0.6 is 11.8 Å². The number of aromatic nitrogens is 3. The molecule has 7 heteroatoms. The van der Waals surface area contributed by atoms with Gasteiger partial charge in [0.15, 0.2) is 5.16 Å². The lowest BCUT2D eigenvalue weighted by Crippen LogP contribution is -2.33. The summed E-state index contributed by atoms with van der Waals surface area (Å²) in [5.74, 6) is -0.0822. The van der Waals surface area contributed by atoms with Crippen molar-refractivity contribution in [2.75, 3.05) is 6.54 Å². The minimum atomic E-state index is -0.404. The molecule has 2 aromatic carbocycles. The molecule has 162 valence electrons. The molecule has 1 unspecified atom stereocenters. The third kappa shape index (κ3) is 5.23. The average molecular weight is 445 g/mol. The number of rotatable bonds is 8. The molecule has 2 aromatic heterocycles. The largest absolute Gasteiger partial charge is 0.355 e. The molecule has 6 nitrogen and oxygen atoms in total. The number of carbonyl (C=O) groups is 1. The number of hydrogen-bond donors (Lipinski definition) is 1. The summed E-state index contributed by atoms with van der Waals surface area (Å²) in [4.78, 5) is 34.8. The van der Waals surface area contributed by atoms with Gasteiger partial charge in [-0.15, -0.1) is 0 Å². The van der Waals surface area contributed by atoms with E-state index in [1.54, 1.807) is 23.0 Å². The van der Waals surface area contributed by atoms with Crippen LogP contribution in [0.25, 0.3) is 10.9 Å². The number of para-hydroxylation sites is 1. The predicted molar refractivity (Wildman–Crippen MR) is 128 cm³/mol. The second-order valence-electron chi connectivity index (χ2n) is 7.45. The molecule has 4 rings (SSSR count). The highest BCUT2D eigenvalue weighted by Gasteiger charge is 2.19. The van der Waals surface area contributed by atoms with Gasteiger partial charge < -0.3 is 5.32 Å². The standard InChI is InChI=1S/C25H24N4O2S/c1-18(23(30)27-15-13-19-8-3-2-4-9-19)32-25-28-22-12-6-5-11-21(22)24(31)29(25)17-20-10-7-14-26-16-20/h2-12,14,16,18H,13,15,17H2,1H3,(H,27,30). The van der Waals surface area contributed by atoms with E-state index in [-0.39, 0.29) is 11.5 Å². The summed E-state index contributed by atoms with van der Waals surface area (Å²) >= 11 is 1.29. The van der Waals surface area contributed by atoms with Gasteiger partial charge in [-0.1, -0.05) is 60.3 Å². The summed E-state index contributed by atoms with van der Waals surface area (Å²) in [5, 5.41) is 3.66. The van der Waals surface area contributed by atoms with Gasteiger partial charge in [0.2, 0.25) is 5.91 Å². The van der Waals surface area contributed by atoms with Gasteiger partial charge in [0.25, 0.3) is 5.56 Å². The van der Waals surface area contributed by atoms with Crippen LogP contribution < -0.4 is 10.9 Å². The molecule has 0 aliphatic rings. The van der Waals surface area contributed by atoms with Crippen molar-refractivity contribution in [3.63, 3.8) is 0 Å². The topological polar surface area (TPSA) is 76.9 Å². The van der Waals surface area contributed by atoms with Crippen LogP contribution in [-0.2, 0) is 17.8 Å². The monoisotopic (exact) mass is 444 g/mol. The van der Waals surface area contributed by atoms with Gasteiger partial charge in [0.1, 0.15) is 0 Å². The molecule has 0 aliphatic carbocycles. The first-order chi connectivity index (χ1) is 15.6. The van der Waals surface area contributed by atoms with Crippen LogP contribution in [0, 0.1) is 0 Å². The van der Waals surface area contributed by atoms with Crippen molar-refractivity contribution in [3.8, 4) is 0 Å². The van der Waals surface area contributed by atoms with Gasteiger partial charge in [-0.3, -0.25) is 19.1 Å². The Morgan fingerprint density at radius 3 is 2.56 bits per heavy atom. The van der Waals surface area contributed by atoms with Crippen LogP contribution in [0.1, 0.15) is 18.1 Å². The highest BCUT2D eigenvalue weighted by atomic mass is 32.2. The van der Waals surface area contributed by atoms with Crippen molar-refractivity contribution in [2.45, 2.75) is 30.3 Å². The molecule has 0 fully saturated rings. The van der Waals surface area contributed by atoms with E-state index in [0.717, 1.165) is 12.0 Å². The number of thioether (sulfide) groups is 1. The fourth-order valence-corrected chi connectivity index (χ4v) is 4.31. The fraction of sp³-hybridized carbons (Fsp3) is 0.200. The highest BCUT2D eigenvalue weighted by molar-refractivity contribution is 8.00. The molecule has 1 atom stereocenters. The van der Waals surface area contributed by atoms with Gasteiger partial charge in [-0.05, 0) is 42.7 Å². The van der Waals surface area contributed by atoms with Crippen LogP contribution in [0.4, 0.5) is 0 Å². The first-order valence-electron chi connectivity index (χ1n) is 10.5. The maximum Gasteiger partial charge on any atom is 0.262 e. The van der Waals surface area contributed by atoms with E-state index >= 15 is 0 Å². The third-order valence-electron chi connectivity index (χ3n) is 5.10. The van der Waals surface area contributed by atoms with Gasteiger partial charge in [0.05, 0.1) is 22.7 Å². The average Bonchev–Trinajstić information content (AvgIpc) is 2.83. The van der Waals surface area contributed by atoms with Crippen LogP contribution in [0.3, 0.4) is 0 Å². The minimum absolute atomic E-state index is 0.0822. The summed E-state index contributed by atoms with van der Waals surface area (Å²) in [6, 6.07) is 21.1. The van der Waals surface area contributed by atoms with Gasteiger partial charge >= 0.3 is 0 Å². The maximum absolute atomic E-state index is 13.2. The van der Waals surface area contributed by atoms with Crippen molar-refractivity contribution < 1.29 is 4.79 Å². The van der Waals surface area contributed by atoms with Crippen LogP contribution in [0.2, 0.25) is 0 Å². The molecule has 0 radical (unpaired) electrons. The lowest BCUT2D eigenvalue weighted by Gasteiger charge is -2.16. The molecule has 2 heterocycles. The van der Waals surface area contributed by atoms with Crippen molar-refractivity contribution >= 4 is 28.6 Å². The van der Waals surface area contributed by atoms with E-state index in [9.17, 15) is 9.59 Å². The van der Waals surface area contributed by atoms with Crippen molar-refractivity contribution in [1.29, 1.82) is 0 Å². The van der Waals surface area contributed by atoms with Crippen LogP contribution in [-0.4, -0.2) is 32.2 Å². The zero-order chi connectivity index (χ0) is 22.3. The van der Waals surface area contributed by atoms with Gasteiger partial charge in [-0.25, -0.2) is 4.98 Å². The van der Waals surface area contributed by atoms with Crippen LogP contribution in [0.5, 0.6) is 0 Å². The Morgan fingerprint density at radius 1 is 1.03 bits per heavy atom. The van der Waals surface area contributed by atoms with Gasteiger partial charge in [0, 0.05) is 18.9 Å². The normalized spacial score (nSPS) is 11.9. The van der Waals surface area contributed by atoms with Crippen molar-refractivity contribution in [3.05, 3.63) is 101 Å². The van der Waals surface area contributed by atoms with E-state index in [1.807, 2.05) is 67.6 Å². The molecular formula is C25H24N4O2S. The quantitative estimate of drug-likeness (QED) is 0.331. The first kappa shape index (κ1) is 21.8. The fourth-order valence-electron chi connectivity index (χ4n) is 3.38. The smallest absolute Gasteiger partial charge is 0.262 e. The SMILES string of the molecule is CC(Sc1nc2ccccc2c(=O)n1Cc1cccnc1)C(=O)NCCc1ccccc1. The molecule has 0 bridgehead atoms. The Labute approximate surface area is 190 Å². The number of carbonyl (C=O) groups excluding carboxylic acids is 1. The second kappa shape index (κ2) is 10.2. The van der Waals surface area contributed by atoms with Crippen LogP contribution in [0.15, 0.2) is 89.1 Å². The Bertz CT molecular complexity index is 1260. The summed E-state index contributed by atoms with van der Waals surface area (Å²) in [6.45, 7) is 2.73. The Kier molecular flexibility index (Phi) is 6.97. The number of amides is 1. The Balaban J connectivity index is 1.53. The maximum atomic E-state index is 13.2. The highest BCUT2D eigenvalue weighted by Crippen LogP contribution is 2.23. The first-order valence-corrected chi connectivity index (χ1v) is 11.4. The molecule has 0 aliphatic heterocycles. The predicted octanol–water partition coefficient (Wildman–Crippen LogP) is 3.68. The summed E-state index contributed by atoms with van der Waals surface area (Å²) < 4.78 is 1.62. The number of pyridine rings is 1. The number of fused-ring (bicyclic) bond motifs is 1. The minimum Gasteiger partial charge on any atom is -0.355 e. The Morgan fingerprint density at radius 2 is 1.78 bits per heavy atom. The van der Waals surface area contributed by atoms with E-state index in [1.165, 1.54) is 17.3 Å². The molecule has 4 aromatic rings. The van der Waals surface area contributed by atoms with Crippen molar-refractivity contribution in [1.82, 2.24) is 19.9 Å². The number of nitrogens with zero attached hydrogens (tertiary/aromatic N) is 3. The van der Waals surface area contributed by atoms with E-state index < -0.39 is 5.25 Å². The van der Waals surface area contributed by atoms with Crippen molar-refractivity contribution in [2.24, 2.45) is 0 Å². The zero-order valence-corrected chi connectivity index (χ0v) is 18.6. The molecule has 0 saturated heterocycles. The van der Waals surface area contributed by atoms with E-state index in [0.29, 0.717) is 29.1 Å². The molecule has 32 heavy (non-hydrogen) atoms. The molecular weight excluding hydrogens is 420 g/mol. The molecule has 1 amide bonds. The summed E-state index contributed by atoms with van der Waals surface area (Å²) in [6.07, 6.45) is 4.20. The molecule has 1 N–H and O–H groups in total. The summed E-state index contributed by atoms with van der Waals surface area (Å²) in [7, 11) is 0.